The summed E-state index contributed by atoms with van der Waals surface area (Å²) in [7, 11) is 0. The summed E-state index contributed by atoms with van der Waals surface area (Å²) in [6, 6.07) is 0. The lowest BCUT2D eigenvalue weighted by Crippen LogP contribution is -2.12. The minimum Gasteiger partial charge on any atom is -0.317 e. The van der Waals surface area contributed by atoms with Crippen molar-refractivity contribution in [1.82, 2.24) is 0 Å². The second kappa shape index (κ2) is 3.52. The zero-order valence-electron chi connectivity index (χ0n) is 6.83. The maximum absolute atomic E-state index is 11.4. The van der Waals surface area contributed by atoms with Crippen molar-refractivity contribution in [3.8, 4) is 0 Å². The van der Waals surface area contributed by atoms with Crippen molar-refractivity contribution in [2.75, 3.05) is 5.32 Å². The summed E-state index contributed by atoms with van der Waals surface area (Å²) in [5.41, 5.74) is 0.0899. The van der Waals surface area contributed by atoms with Crippen LogP contribution in [0.2, 0.25) is 20.1 Å². The fourth-order valence-electron chi connectivity index (χ4n) is 1.25. The van der Waals surface area contributed by atoms with Gasteiger partial charge < -0.3 is 5.32 Å². The van der Waals surface area contributed by atoms with Crippen LogP contribution in [0.25, 0.3) is 0 Å². The molecule has 2 rings (SSSR count). The molecular weight excluding hydrogens is 284 g/mol. The number of fused-ring (bicyclic) bond motifs is 1. The quantitative estimate of drug-likeness (QED) is 0.451. The van der Waals surface area contributed by atoms with Crippen molar-refractivity contribution in [3.05, 3.63) is 25.7 Å². The van der Waals surface area contributed by atoms with Crippen LogP contribution < -0.4 is 5.32 Å². The first-order chi connectivity index (χ1) is 6.95. The van der Waals surface area contributed by atoms with Crippen LogP contribution in [0.4, 0.5) is 5.69 Å². The zero-order chi connectivity index (χ0) is 11.3. The third-order valence-corrected chi connectivity index (χ3v) is 3.74. The molecule has 0 aromatic heterocycles. The van der Waals surface area contributed by atoms with Gasteiger partial charge in [0.1, 0.15) is 0 Å². The molecule has 0 bridgehead atoms. The minimum atomic E-state index is -0.799. The number of hydrogen-bond acceptors (Lipinski definition) is 2. The van der Waals surface area contributed by atoms with Gasteiger partial charge in [0.05, 0.1) is 31.3 Å². The molecule has 0 atom stereocenters. The molecule has 0 spiro atoms. The zero-order valence-corrected chi connectivity index (χ0v) is 9.85. The summed E-state index contributed by atoms with van der Waals surface area (Å²) < 4.78 is 0. The number of anilines is 1. The molecule has 0 aliphatic carbocycles. The number of halogens is 4. The summed E-state index contributed by atoms with van der Waals surface area (Å²) in [4.78, 5) is 22.5. The lowest BCUT2D eigenvalue weighted by atomic mass is 10.1. The SMILES string of the molecule is O=C1Nc2c(Cl)c(Cl)c(Cl)c(Cl)c2C1=O. The molecule has 7 heteroatoms. The number of rotatable bonds is 0. The predicted octanol–water partition coefficient (Wildman–Crippen LogP) is 3.43. The standard InChI is InChI=1S/C8HCl4NO2/c9-2-1-6(13-8(15)7(1)14)5(12)4(11)3(2)10/h(H,13,14,15). The van der Waals surface area contributed by atoms with E-state index in [1.807, 2.05) is 0 Å². The number of hydrogen-bond donors (Lipinski definition) is 1. The molecule has 78 valence electrons. The molecular formula is C8HCl4NO2. The molecule has 1 N–H and O–H groups in total. The maximum atomic E-state index is 11.4. The number of carbonyl (C=O) groups is 2. The fraction of sp³-hybridized carbons (Fsp3) is 0. The number of carbonyl (C=O) groups excluding carboxylic acids is 2. The van der Waals surface area contributed by atoms with Crippen LogP contribution in [0.1, 0.15) is 10.4 Å². The van der Waals surface area contributed by atoms with Crippen LogP contribution in [0.3, 0.4) is 0 Å². The van der Waals surface area contributed by atoms with Crippen LogP contribution in [-0.2, 0) is 4.79 Å². The van der Waals surface area contributed by atoms with E-state index in [-0.39, 0.29) is 31.3 Å². The average Bonchev–Trinajstić information content (AvgIpc) is 2.50. The van der Waals surface area contributed by atoms with Crippen molar-refractivity contribution in [2.24, 2.45) is 0 Å². The van der Waals surface area contributed by atoms with E-state index in [0.717, 1.165) is 0 Å². The molecule has 0 fully saturated rings. The van der Waals surface area contributed by atoms with Gasteiger partial charge in [-0.15, -0.1) is 0 Å². The Morgan fingerprint density at radius 2 is 1.33 bits per heavy atom. The Balaban J connectivity index is 2.86. The van der Waals surface area contributed by atoms with Crippen LogP contribution >= 0.6 is 46.4 Å². The van der Waals surface area contributed by atoms with Crippen LogP contribution in [0, 0.1) is 0 Å². The van der Waals surface area contributed by atoms with Gasteiger partial charge in [-0.1, -0.05) is 46.4 Å². The van der Waals surface area contributed by atoms with Crippen LogP contribution in [-0.4, -0.2) is 11.7 Å². The van der Waals surface area contributed by atoms with E-state index in [1.54, 1.807) is 0 Å². The van der Waals surface area contributed by atoms with Crippen LogP contribution in [0.5, 0.6) is 0 Å². The Morgan fingerprint density at radius 1 is 0.800 bits per heavy atom. The third-order valence-electron chi connectivity index (χ3n) is 1.94. The van der Waals surface area contributed by atoms with Gasteiger partial charge in [0.2, 0.25) is 0 Å². The second-order valence-corrected chi connectivity index (χ2v) is 4.30. The van der Waals surface area contributed by atoms with E-state index in [0.29, 0.717) is 0 Å². The largest absolute Gasteiger partial charge is 0.317 e. The topological polar surface area (TPSA) is 46.2 Å². The summed E-state index contributed by atoms with van der Waals surface area (Å²) in [5.74, 6) is -1.57. The molecule has 1 aliphatic rings. The Hall–Kier alpha value is -0.480. The van der Waals surface area contributed by atoms with E-state index in [4.69, 9.17) is 46.4 Å². The maximum Gasteiger partial charge on any atom is 0.296 e. The summed E-state index contributed by atoms with van der Waals surface area (Å²) in [6.07, 6.45) is 0. The smallest absolute Gasteiger partial charge is 0.296 e. The Kier molecular flexibility index (Phi) is 2.59. The highest BCUT2D eigenvalue weighted by Gasteiger charge is 2.35. The highest BCUT2D eigenvalue weighted by molar-refractivity contribution is 6.61. The molecule has 0 radical (unpaired) electrons. The van der Waals surface area contributed by atoms with Gasteiger partial charge in [0.15, 0.2) is 0 Å². The molecule has 1 aromatic carbocycles. The Morgan fingerprint density at radius 3 is 1.93 bits per heavy atom. The molecule has 15 heavy (non-hydrogen) atoms. The summed E-state index contributed by atoms with van der Waals surface area (Å²) in [6.45, 7) is 0. The van der Waals surface area contributed by atoms with Crippen molar-refractivity contribution >= 4 is 63.8 Å². The van der Waals surface area contributed by atoms with Crippen LogP contribution in [0.15, 0.2) is 0 Å². The molecule has 0 saturated heterocycles. The first-order valence-corrected chi connectivity index (χ1v) is 5.18. The van der Waals surface area contributed by atoms with Crippen molar-refractivity contribution in [3.63, 3.8) is 0 Å². The van der Waals surface area contributed by atoms with Gasteiger partial charge in [-0.3, -0.25) is 9.59 Å². The molecule has 1 heterocycles. The normalized spacial score (nSPS) is 14.1. The molecule has 0 saturated carbocycles. The van der Waals surface area contributed by atoms with Gasteiger partial charge in [-0.2, -0.15) is 0 Å². The Bertz CT molecular complexity index is 512. The highest BCUT2D eigenvalue weighted by atomic mass is 35.5. The third kappa shape index (κ3) is 1.42. The van der Waals surface area contributed by atoms with Gasteiger partial charge in [0.25, 0.3) is 11.7 Å². The van der Waals surface area contributed by atoms with Crippen molar-refractivity contribution in [2.45, 2.75) is 0 Å². The summed E-state index contributed by atoms with van der Waals surface area (Å²) >= 11 is 23.1. The second-order valence-electron chi connectivity index (χ2n) is 2.79. The monoisotopic (exact) mass is 283 g/mol. The highest BCUT2D eigenvalue weighted by Crippen LogP contribution is 2.46. The molecule has 1 aliphatic heterocycles. The fourth-order valence-corrected chi connectivity index (χ4v) is 2.23. The number of ketones is 1. The summed E-state index contributed by atoms with van der Waals surface area (Å²) in [5, 5.41) is 2.20. The van der Waals surface area contributed by atoms with Gasteiger partial charge >= 0.3 is 0 Å². The van der Waals surface area contributed by atoms with Gasteiger partial charge in [-0.05, 0) is 0 Å². The average molecular weight is 285 g/mol. The van der Waals surface area contributed by atoms with E-state index in [2.05, 4.69) is 5.32 Å². The molecule has 1 aromatic rings. The number of benzene rings is 1. The lowest BCUT2D eigenvalue weighted by molar-refractivity contribution is -0.112. The predicted molar refractivity (Wildman–Crippen MR) is 59.4 cm³/mol. The van der Waals surface area contributed by atoms with Gasteiger partial charge in [0, 0.05) is 0 Å². The van der Waals surface area contributed by atoms with E-state index < -0.39 is 11.7 Å². The first-order valence-electron chi connectivity index (χ1n) is 3.66. The van der Waals surface area contributed by atoms with Crippen molar-refractivity contribution < 1.29 is 9.59 Å². The molecule has 0 unspecified atom stereocenters. The molecule has 3 nitrogen and oxygen atoms in total. The lowest BCUT2D eigenvalue weighted by Gasteiger charge is -2.07. The van der Waals surface area contributed by atoms with E-state index in [1.165, 1.54) is 0 Å². The van der Waals surface area contributed by atoms with Gasteiger partial charge in [-0.25, -0.2) is 0 Å². The van der Waals surface area contributed by atoms with Crippen molar-refractivity contribution in [1.29, 1.82) is 0 Å². The van der Waals surface area contributed by atoms with E-state index in [9.17, 15) is 9.59 Å². The molecule has 1 amide bonds. The number of nitrogens with one attached hydrogen (secondary N) is 1. The Labute approximate surface area is 104 Å². The van der Waals surface area contributed by atoms with E-state index >= 15 is 0 Å². The first kappa shape index (κ1) is 11.0. The number of amides is 1. The number of Topliss-reactive ketones (excluding diaryl/α,β-unsaturated/α-hetero) is 1. The minimum absolute atomic E-state index is 0.0112.